The molecule has 21 heavy (non-hydrogen) atoms. The van der Waals surface area contributed by atoms with Crippen LogP contribution in [-0.4, -0.2) is 10.5 Å². The number of amides is 1. The van der Waals surface area contributed by atoms with Crippen molar-refractivity contribution in [3.63, 3.8) is 0 Å². The normalized spacial score (nSPS) is 11.4. The Kier molecular flexibility index (Phi) is 3.85. The summed E-state index contributed by atoms with van der Waals surface area (Å²) in [5.41, 5.74) is -0.0391. The van der Waals surface area contributed by atoms with Crippen molar-refractivity contribution < 1.29 is 22.4 Å². The number of nitrogens with two attached hydrogens (primary N) is 1. The monoisotopic (exact) mass is 301 g/mol. The number of carbonyl (C=O) groups excluding carboxylic acids is 1. The summed E-state index contributed by atoms with van der Waals surface area (Å²) in [6.07, 6.45) is -3.57. The van der Waals surface area contributed by atoms with Crippen molar-refractivity contribution in [3.8, 4) is 0 Å². The van der Waals surface area contributed by atoms with Crippen molar-refractivity contribution in [1.29, 1.82) is 0 Å². The molecule has 2 aromatic rings. The zero-order chi connectivity index (χ0) is 15.6. The Bertz CT molecular complexity index is 718. The number of alkyl halides is 3. The number of halogens is 3. The number of aromatic nitrogens is 1. The Hall–Kier alpha value is -2.55. The predicted octanol–water partition coefficient (Wildman–Crippen LogP) is 1.11. The summed E-state index contributed by atoms with van der Waals surface area (Å²) in [4.78, 5) is 23.1. The number of nitrogens with zero attached hydrogens (tertiary/aromatic N) is 1. The molecule has 0 unspecified atom stereocenters. The summed E-state index contributed by atoms with van der Waals surface area (Å²) in [6.45, 7) is -0.465. The van der Waals surface area contributed by atoms with Crippen LogP contribution in [0.15, 0.2) is 39.7 Å². The molecule has 0 aliphatic carbocycles. The molecule has 1 amide bonds. The van der Waals surface area contributed by atoms with Crippen LogP contribution in [0.3, 0.4) is 0 Å². The Morgan fingerprint density at radius 3 is 2.67 bits per heavy atom. The lowest BCUT2D eigenvalue weighted by Crippen LogP contribution is -2.32. The van der Waals surface area contributed by atoms with E-state index in [1.54, 1.807) is 0 Å². The molecular weight excluding hydrogens is 291 g/mol. The zero-order valence-corrected chi connectivity index (χ0v) is 10.5. The van der Waals surface area contributed by atoms with Crippen molar-refractivity contribution in [3.05, 3.63) is 57.9 Å². The van der Waals surface area contributed by atoms with Gasteiger partial charge in [-0.15, -0.1) is 0 Å². The van der Waals surface area contributed by atoms with Gasteiger partial charge in [-0.2, -0.15) is 13.2 Å². The Morgan fingerprint density at radius 1 is 1.33 bits per heavy atom. The summed E-state index contributed by atoms with van der Waals surface area (Å²) in [5, 5.41) is 0. The first-order chi connectivity index (χ1) is 9.84. The van der Waals surface area contributed by atoms with Crippen LogP contribution in [0.5, 0.6) is 0 Å². The first-order valence-corrected chi connectivity index (χ1v) is 5.69. The van der Waals surface area contributed by atoms with Gasteiger partial charge in [0.2, 0.25) is 0 Å². The third-order valence-electron chi connectivity index (χ3n) is 2.75. The Balaban J connectivity index is 2.48. The van der Waals surface area contributed by atoms with Gasteiger partial charge in [-0.05, 0) is 12.1 Å². The summed E-state index contributed by atoms with van der Waals surface area (Å²) >= 11 is 0. The highest BCUT2D eigenvalue weighted by Gasteiger charge is 2.34. The number of hydrazine groups is 1. The van der Waals surface area contributed by atoms with Crippen LogP contribution >= 0.6 is 0 Å². The van der Waals surface area contributed by atoms with E-state index in [9.17, 15) is 22.8 Å². The van der Waals surface area contributed by atoms with E-state index in [0.29, 0.717) is 4.57 Å². The van der Waals surface area contributed by atoms with E-state index in [4.69, 9.17) is 10.3 Å². The standard InChI is InChI=1S/C12H10F3N3O3/c13-12(14,15)8-2-1-3-9(19)18(8)6-7-4-5-21-10(7)11(20)17-16/h1-5H,6,16H2,(H,17,20). The van der Waals surface area contributed by atoms with Gasteiger partial charge >= 0.3 is 12.1 Å². The number of rotatable bonds is 3. The van der Waals surface area contributed by atoms with Crippen LogP contribution < -0.4 is 16.8 Å². The molecule has 2 rings (SSSR count). The van der Waals surface area contributed by atoms with E-state index < -0.39 is 29.9 Å². The smallest absolute Gasteiger partial charge is 0.431 e. The van der Waals surface area contributed by atoms with Crippen LogP contribution in [-0.2, 0) is 12.7 Å². The van der Waals surface area contributed by atoms with Gasteiger partial charge in [-0.25, -0.2) is 5.84 Å². The van der Waals surface area contributed by atoms with Crippen LogP contribution in [0.1, 0.15) is 21.8 Å². The topological polar surface area (TPSA) is 90.3 Å². The lowest BCUT2D eigenvalue weighted by atomic mass is 10.2. The average molecular weight is 301 g/mol. The van der Waals surface area contributed by atoms with E-state index in [1.807, 2.05) is 5.43 Å². The fourth-order valence-corrected chi connectivity index (χ4v) is 1.83. The summed E-state index contributed by atoms with van der Waals surface area (Å²) in [6, 6.07) is 4.09. The van der Waals surface area contributed by atoms with E-state index >= 15 is 0 Å². The highest BCUT2D eigenvalue weighted by molar-refractivity contribution is 5.92. The van der Waals surface area contributed by atoms with E-state index in [2.05, 4.69) is 0 Å². The summed E-state index contributed by atoms with van der Waals surface area (Å²) in [5.74, 6) is 3.90. The second-order valence-corrected chi connectivity index (χ2v) is 4.08. The maximum Gasteiger partial charge on any atom is 0.431 e. The summed E-state index contributed by atoms with van der Waals surface area (Å²) in [7, 11) is 0. The fraction of sp³-hybridized carbons (Fsp3) is 0.167. The van der Waals surface area contributed by atoms with Crippen molar-refractivity contribution in [2.45, 2.75) is 12.7 Å². The largest absolute Gasteiger partial charge is 0.459 e. The van der Waals surface area contributed by atoms with E-state index in [-0.39, 0.29) is 11.3 Å². The van der Waals surface area contributed by atoms with Gasteiger partial charge in [-0.3, -0.25) is 19.6 Å². The van der Waals surface area contributed by atoms with Crippen LogP contribution in [0, 0.1) is 0 Å². The van der Waals surface area contributed by atoms with Gasteiger partial charge in [0.1, 0.15) is 5.69 Å². The molecule has 0 radical (unpaired) electrons. The molecule has 3 N–H and O–H groups in total. The molecule has 0 aliphatic heterocycles. The molecule has 0 spiro atoms. The molecule has 2 aromatic heterocycles. The second kappa shape index (κ2) is 5.44. The number of nitrogens with one attached hydrogen (secondary N) is 1. The van der Waals surface area contributed by atoms with Crippen molar-refractivity contribution >= 4 is 5.91 Å². The number of nitrogen functional groups attached to an aromatic ring is 1. The van der Waals surface area contributed by atoms with E-state index in [1.165, 1.54) is 6.07 Å². The SMILES string of the molecule is NNC(=O)c1occc1Cn1c(C(F)(F)F)cccc1=O. The van der Waals surface area contributed by atoms with Crippen molar-refractivity contribution in [2.24, 2.45) is 5.84 Å². The fourth-order valence-electron chi connectivity index (χ4n) is 1.83. The third kappa shape index (κ3) is 2.97. The molecular formula is C12H10F3N3O3. The second-order valence-electron chi connectivity index (χ2n) is 4.08. The maximum atomic E-state index is 12.9. The first-order valence-electron chi connectivity index (χ1n) is 5.69. The van der Waals surface area contributed by atoms with Gasteiger partial charge in [0, 0.05) is 11.6 Å². The molecule has 0 bridgehead atoms. The number of hydrogen-bond acceptors (Lipinski definition) is 4. The Morgan fingerprint density at radius 2 is 2.05 bits per heavy atom. The first kappa shape index (κ1) is 14.9. The summed E-state index contributed by atoms with van der Waals surface area (Å²) < 4.78 is 44.1. The lowest BCUT2D eigenvalue weighted by Gasteiger charge is -2.14. The van der Waals surface area contributed by atoms with Gasteiger partial charge in [0.15, 0.2) is 5.76 Å². The number of pyridine rings is 1. The van der Waals surface area contributed by atoms with Gasteiger partial charge in [0.05, 0.1) is 12.8 Å². The van der Waals surface area contributed by atoms with Crippen molar-refractivity contribution in [2.75, 3.05) is 0 Å². The highest BCUT2D eigenvalue weighted by atomic mass is 19.4. The van der Waals surface area contributed by atoms with Gasteiger partial charge in [0.25, 0.3) is 5.56 Å². The molecule has 0 saturated carbocycles. The van der Waals surface area contributed by atoms with Crippen LogP contribution in [0.25, 0.3) is 0 Å². The maximum absolute atomic E-state index is 12.9. The minimum Gasteiger partial charge on any atom is -0.459 e. The zero-order valence-electron chi connectivity index (χ0n) is 10.5. The molecule has 6 nitrogen and oxygen atoms in total. The molecule has 9 heteroatoms. The van der Waals surface area contributed by atoms with E-state index in [0.717, 1.165) is 24.5 Å². The van der Waals surface area contributed by atoms with Crippen LogP contribution in [0.4, 0.5) is 13.2 Å². The van der Waals surface area contributed by atoms with Gasteiger partial charge in [-0.1, -0.05) is 6.07 Å². The molecule has 0 aromatic carbocycles. The third-order valence-corrected chi connectivity index (χ3v) is 2.75. The highest BCUT2D eigenvalue weighted by Crippen LogP contribution is 2.28. The number of carbonyl (C=O) groups is 1. The number of hydrogen-bond donors (Lipinski definition) is 2. The Labute approximate surface area is 115 Å². The quantitative estimate of drug-likeness (QED) is 0.505. The molecule has 0 atom stereocenters. The van der Waals surface area contributed by atoms with Crippen molar-refractivity contribution in [1.82, 2.24) is 9.99 Å². The molecule has 2 heterocycles. The molecule has 112 valence electrons. The number of furan rings is 1. The van der Waals surface area contributed by atoms with Gasteiger partial charge < -0.3 is 4.42 Å². The predicted molar refractivity (Wildman–Crippen MR) is 65.2 cm³/mol. The minimum absolute atomic E-state index is 0.108. The average Bonchev–Trinajstić information content (AvgIpc) is 2.87. The minimum atomic E-state index is -4.69. The lowest BCUT2D eigenvalue weighted by molar-refractivity contribution is -0.144. The molecule has 0 aliphatic rings. The van der Waals surface area contributed by atoms with Crippen LogP contribution in [0.2, 0.25) is 0 Å². The molecule has 0 fully saturated rings. The molecule has 0 saturated heterocycles.